The molecule has 0 spiro atoms. The van der Waals surface area contributed by atoms with Crippen LogP contribution in [-0.4, -0.2) is 25.1 Å². The maximum Gasteiger partial charge on any atom is 0.262 e. The number of hydrogen-bond acceptors (Lipinski definition) is 3. The number of carbonyl (C=O) groups excluding carboxylic acids is 1. The molecule has 1 aliphatic carbocycles. The van der Waals surface area contributed by atoms with E-state index in [1.54, 1.807) is 47.0 Å². The van der Waals surface area contributed by atoms with Gasteiger partial charge in [-0.3, -0.25) is 9.36 Å². The van der Waals surface area contributed by atoms with E-state index in [0.717, 1.165) is 23.0 Å². The summed E-state index contributed by atoms with van der Waals surface area (Å²) in [6, 6.07) is 13.7. The van der Waals surface area contributed by atoms with E-state index in [0.29, 0.717) is 16.5 Å². The van der Waals surface area contributed by atoms with Crippen molar-refractivity contribution >= 4 is 38.2 Å². The van der Waals surface area contributed by atoms with Crippen LogP contribution in [0.4, 0.5) is 0 Å². The Morgan fingerprint density at radius 2 is 1.81 bits per heavy atom. The lowest BCUT2D eigenvalue weighted by atomic mass is 10.2. The molecule has 6 heteroatoms. The number of sulfone groups is 1. The Morgan fingerprint density at radius 1 is 1.12 bits per heavy atom. The van der Waals surface area contributed by atoms with Gasteiger partial charge in [0.25, 0.3) is 5.91 Å². The second-order valence-electron chi connectivity index (χ2n) is 6.92. The summed E-state index contributed by atoms with van der Waals surface area (Å²) >= 11 is 5.93. The molecule has 0 amide bonds. The first-order chi connectivity index (χ1) is 12.3. The lowest BCUT2D eigenvalue weighted by Crippen LogP contribution is -2.15. The molecule has 1 saturated carbocycles. The first-order valence-electron chi connectivity index (χ1n) is 8.47. The van der Waals surface area contributed by atoms with E-state index in [2.05, 4.69) is 0 Å². The number of rotatable bonds is 4. The Kier molecular flexibility index (Phi) is 4.16. The van der Waals surface area contributed by atoms with E-state index in [9.17, 15) is 13.2 Å². The zero-order valence-corrected chi connectivity index (χ0v) is 15.8. The smallest absolute Gasteiger partial charge is 0.262 e. The van der Waals surface area contributed by atoms with E-state index in [-0.39, 0.29) is 10.8 Å². The van der Waals surface area contributed by atoms with Crippen LogP contribution in [0.25, 0.3) is 10.9 Å². The molecule has 134 valence electrons. The average molecular weight is 388 g/mol. The van der Waals surface area contributed by atoms with Crippen molar-refractivity contribution in [3.05, 3.63) is 64.8 Å². The maximum absolute atomic E-state index is 13.1. The van der Waals surface area contributed by atoms with Crippen LogP contribution in [0.5, 0.6) is 0 Å². The third-order valence-corrected chi connectivity index (χ3v) is 6.13. The van der Waals surface area contributed by atoms with Gasteiger partial charge in [0.15, 0.2) is 9.84 Å². The molecule has 0 saturated heterocycles. The molecule has 2 aromatic carbocycles. The minimum Gasteiger partial charge on any atom is -0.280 e. The van der Waals surface area contributed by atoms with Gasteiger partial charge < -0.3 is 0 Å². The van der Waals surface area contributed by atoms with Crippen molar-refractivity contribution in [3.63, 3.8) is 0 Å². The number of aromatic nitrogens is 1. The first-order valence-corrected chi connectivity index (χ1v) is 10.7. The van der Waals surface area contributed by atoms with E-state index in [4.69, 9.17) is 11.6 Å². The molecule has 0 radical (unpaired) electrons. The molecule has 3 aromatic rings. The van der Waals surface area contributed by atoms with Crippen LogP contribution in [0.15, 0.2) is 53.4 Å². The second kappa shape index (κ2) is 6.25. The van der Waals surface area contributed by atoms with Gasteiger partial charge in [0.1, 0.15) is 0 Å². The fourth-order valence-corrected chi connectivity index (χ4v) is 3.99. The molecule has 0 atom stereocenters. The van der Waals surface area contributed by atoms with Gasteiger partial charge in [-0.25, -0.2) is 8.42 Å². The number of carbonyl (C=O) groups is 1. The quantitative estimate of drug-likeness (QED) is 0.669. The van der Waals surface area contributed by atoms with Gasteiger partial charge >= 0.3 is 0 Å². The van der Waals surface area contributed by atoms with Crippen molar-refractivity contribution in [2.24, 2.45) is 5.92 Å². The third-order valence-electron chi connectivity index (χ3n) is 4.77. The average Bonchev–Trinajstić information content (AvgIpc) is 3.32. The monoisotopic (exact) mass is 387 g/mol. The van der Waals surface area contributed by atoms with Crippen molar-refractivity contribution in [3.8, 4) is 0 Å². The number of halogens is 1. The van der Waals surface area contributed by atoms with E-state index in [1.807, 2.05) is 6.07 Å². The van der Waals surface area contributed by atoms with Crippen molar-refractivity contribution in [2.45, 2.75) is 24.2 Å². The molecule has 1 heterocycles. The molecule has 4 nitrogen and oxygen atoms in total. The summed E-state index contributed by atoms with van der Waals surface area (Å²) in [5.41, 5.74) is 2.21. The number of hydrogen-bond donors (Lipinski definition) is 0. The van der Waals surface area contributed by atoms with Crippen LogP contribution in [0.1, 0.15) is 28.9 Å². The predicted octanol–water partition coefficient (Wildman–Crippen LogP) is 4.34. The molecular weight excluding hydrogens is 370 g/mol. The highest BCUT2D eigenvalue weighted by molar-refractivity contribution is 7.90. The lowest BCUT2D eigenvalue weighted by molar-refractivity contribution is 0.0962. The van der Waals surface area contributed by atoms with Gasteiger partial charge in [0.05, 0.1) is 10.4 Å². The number of benzene rings is 2. The molecular formula is C20H18ClNO3S. The molecule has 26 heavy (non-hydrogen) atoms. The Bertz CT molecular complexity index is 1110. The highest BCUT2D eigenvalue weighted by Crippen LogP contribution is 2.35. The van der Waals surface area contributed by atoms with Crippen molar-refractivity contribution < 1.29 is 13.2 Å². The number of nitrogens with zero attached hydrogens (tertiary/aromatic N) is 1. The maximum atomic E-state index is 13.1. The van der Waals surface area contributed by atoms with Gasteiger partial charge in [0, 0.05) is 27.9 Å². The minimum absolute atomic E-state index is 0.126. The summed E-state index contributed by atoms with van der Waals surface area (Å²) in [7, 11) is -3.29. The van der Waals surface area contributed by atoms with Gasteiger partial charge in [-0.2, -0.15) is 0 Å². The molecule has 1 aromatic heterocycles. The van der Waals surface area contributed by atoms with Crippen molar-refractivity contribution in [1.82, 2.24) is 4.57 Å². The van der Waals surface area contributed by atoms with Crippen LogP contribution in [-0.2, 0) is 16.3 Å². The standard InChI is InChI=1S/C20H18ClNO3S/c1-26(24,25)18-8-9-19-15(12-18)11-17(10-13-2-3-13)22(19)20(23)14-4-6-16(21)7-5-14/h4-9,11-13H,2-3,10H2,1H3. The zero-order chi connectivity index (χ0) is 18.5. The third kappa shape index (κ3) is 3.29. The molecule has 4 rings (SSSR count). The van der Waals surface area contributed by atoms with Gasteiger partial charge in [-0.15, -0.1) is 0 Å². The summed E-state index contributed by atoms with van der Waals surface area (Å²) in [6.07, 6.45) is 4.36. The fraction of sp³-hybridized carbons (Fsp3) is 0.250. The second-order valence-corrected chi connectivity index (χ2v) is 9.38. The Hall–Kier alpha value is -2.11. The normalized spacial score (nSPS) is 14.7. The van der Waals surface area contributed by atoms with Crippen molar-refractivity contribution in [2.75, 3.05) is 6.26 Å². The van der Waals surface area contributed by atoms with Crippen molar-refractivity contribution in [1.29, 1.82) is 0 Å². The van der Waals surface area contributed by atoms with E-state index >= 15 is 0 Å². The summed E-state index contributed by atoms with van der Waals surface area (Å²) in [6.45, 7) is 0. The SMILES string of the molecule is CS(=O)(=O)c1ccc2c(c1)cc(CC1CC1)n2C(=O)c1ccc(Cl)cc1. The molecule has 0 unspecified atom stereocenters. The van der Waals surface area contributed by atoms with Crippen LogP contribution in [0.3, 0.4) is 0 Å². The fourth-order valence-electron chi connectivity index (χ4n) is 3.21. The van der Waals surface area contributed by atoms with Crippen LogP contribution in [0.2, 0.25) is 5.02 Å². The Balaban J connectivity index is 1.87. The van der Waals surface area contributed by atoms with Gasteiger partial charge in [-0.1, -0.05) is 11.6 Å². The van der Waals surface area contributed by atoms with Gasteiger partial charge in [-0.05, 0) is 73.7 Å². The molecule has 0 N–H and O–H groups in total. The predicted molar refractivity (Wildman–Crippen MR) is 103 cm³/mol. The number of fused-ring (bicyclic) bond motifs is 1. The molecule has 0 aliphatic heterocycles. The highest BCUT2D eigenvalue weighted by Gasteiger charge is 2.26. The van der Waals surface area contributed by atoms with Crippen LogP contribution >= 0.6 is 11.6 Å². The largest absolute Gasteiger partial charge is 0.280 e. The molecule has 0 bridgehead atoms. The summed E-state index contributed by atoms with van der Waals surface area (Å²) in [5.74, 6) is 0.477. The molecule has 1 fully saturated rings. The molecule has 1 aliphatic rings. The zero-order valence-electron chi connectivity index (χ0n) is 14.3. The van der Waals surface area contributed by atoms with Crippen LogP contribution in [0, 0.1) is 5.92 Å². The summed E-state index contributed by atoms with van der Waals surface area (Å²) < 4.78 is 25.4. The lowest BCUT2D eigenvalue weighted by Gasteiger charge is -2.10. The van der Waals surface area contributed by atoms with E-state index < -0.39 is 9.84 Å². The Labute approximate surface area is 157 Å². The summed E-state index contributed by atoms with van der Waals surface area (Å²) in [5, 5.41) is 1.35. The summed E-state index contributed by atoms with van der Waals surface area (Å²) in [4.78, 5) is 13.4. The van der Waals surface area contributed by atoms with E-state index in [1.165, 1.54) is 19.1 Å². The van der Waals surface area contributed by atoms with Crippen LogP contribution < -0.4 is 0 Å². The Morgan fingerprint density at radius 3 is 2.42 bits per heavy atom. The van der Waals surface area contributed by atoms with Gasteiger partial charge in [0.2, 0.25) is 0 Å². The minimum atomic E-state index is -3.29. The highest BCUT2D eigenvalue weighted by atomic mass is 35.5. The topological polar surface area (TPSA) is 56.1 Å². The first kappa shape index (κ1) is 17.3.